The van der Waals surface area contributed by atoms with Crippen LogP contribution in [0, 0.1) is 6.92 Å². The fourth-order valence-electron chi connectivity index (χ4n) is 3.38. The van der Waals surface area contributed by atoms with Gasteiger partial charge in [-0.15, -0.1) is 0 Å². The second-order valence-corrected chi connectivity index (χ2v) is 6.66. The van der Waals surface area contributed by atoms with E-state index in [1.165, 1.54) is 12.8 Å². The fraction of sp³-hybridized carbons (Fsp3) is 0.450. The van der Waals surface area contributed by atoms with Gasteiger partial charge in [0.25, 0.3) is 5.91 Å². The van der Waals surface area contributed by atoms with Gasteiger partial charge >= 0.3 is 5.97 Å². The lowest BCUT2D eigenvalue weighted by atomic mass is 10.1. The number of rotatable bonds is 4. The quantitative estimate of drug-likeness (QED) is 0.683. The summed E-state index contributed by atoms with van der Waals surface area (Å²) in [6.45, 7) is 1.59. The molecular formula is C20H24N2O3. The van der Waals surface area contributed by atoms with Crippen LogP contribution in [-0.2, 0) is 9.53 Å². The van der Waals surface area contributed by atoms with E-state index in [2.05, 4.69) is 10.3 Å². The average Bonchev–Trinajstić information content (AvgIpc) is 2.87. The Morgan fingerprint density at radius 3 is 2.64 bits per heavy atom. The minimum atomic E-state index is -0.488. The molecule has 1 heterocycles. The van der Waals surface area contributed by atoms with Crippen molar-refractivity contribution in [3.05, 3.63) is 41.6 Å². The molecule has 1 N–H and O–H groups in total. The van der Waals surface area contributed by atoms with Crippen LogP contribution in [0.3, 0.4) is 0 Å². The van der Waals surface area contributed by atoms with Crippen LogP contribution in [0.15, 0.2) is 30.3 Å². The van der Waals surface area contributed by atoms with E-state index in [1.807, 2.05) is 31.2 Å². The van der Waals surface area contributed by atoms with E-state index < -0.39 is 5.97 Å². The Morgan fingerprint density at radius 1 is 1.16 bits per heavy atom. The summed E-state index contributed by atoms with van der Waals surface area (Å²) >= 11 is 0. The maximum atomic E-state index is 12.4. The largest absolute Gasteiger partial charge is 0.452 e. The number of nitrogens with zero attached hydrogens (tertiary/aromatic N) is 1. The van der Waals surface area contributed by atoms with Crippen molar-refractivity contribution in [2.45, 2.75) is 51.5 Å². The second-order valence-electron chi connectivity index (χ2n) is 6.66. The van der Waals surface area contributed by atoms with Crippen LogP contribution in [0.5, 0.6) is 0 Å². The van der Waals surface area contributed by atoms with Gasteiger partial charge in [0.05, 0.1) is 11.1 Å². The Hall–Kier alpha value is -2.43. The molecule has 25 heavy (non-hydrogen) atoms. The van der Waals surface area contributed by atoms with Crippen molar-refractivity contribution < 1.29 is 14.3 Å². The minimum Gasteiger partial charge on any atom is -0.452 e. The number of carbonyl (C=O) groups excluding carboxylic acids is 2. The number of benzene rings is 1. The average molecular weight is 340 g/mol. The van der Waals surface area contributed by atoms with Gasteiger partial charge in [-0.3, -0.25) is 9.78 Å². The Labute approximate surface area is 147 Å². The summed E-state index contributed by atoms with van der Waals surface area (Å²) in [5.41, 5.74) is 1.94. The normalized spacial score (nSPS) is 15.6. The van der Waals surface area contributed by atoms with Gasteiger partial charge in [-0.05, 0) is 31.9 Å². The van der Waals surface area contributed by atoms with Crippen molar-refractivity contribution in [3.8, 4) is 0 Å². The summed E-state index contributed by atoms with van der Waals surface area (Å²) < 4.78 is 5.25. The molecule has 1 amide bonds. The molecule has 3 rings (SSSR count). The molecule has 0 bridgehead atoms. The van der Waals surface area contributed by atoms with Gasteiger partial charge in [-0.2, -0.15) is 0 Å². The van der Waals surface area contributed by atoms with Crippen LogP contribution in [0.4, 0.5) is 0 Å². The highest BCUT2D eigenvalue weighted by atomic mass is 16.5. The SMILES string of the molecule is Cc1cc(C(=O)OCC(=O)NC2CCCCCC2)c2ccccc2n1. The summed E-state index contributed by atoms with van der Waals surface area (Å²) in [6.07, 6.45) is 6.77. The highest BCUT2D eigenvalue weighted by Gasteiger charge is 2.18. The zero-order valence-corrected chi connectivity index (χ0v) is 14.6. The molecule has 0 atom stereocenters. The van der Waals surface area contributed by atoms with Gasteiger partial charge < -0.3 is 10.1 Å². The van der Waals surface area contributed by atoms with Crippen molar-refractivity contribution in [3.63, 3.8) is 0 Å². The molecule has 5 heteroatoms. The van der Waals surface area contributed by atoms with E-state index in [0.29, 0.717) is 5.56 Å². The van der Waals surface area contributed by atoms with Crippen molar-refractivity contribution in [2.75, 3.05) is 6.61 Å². The standard InChI is InChI=1S/C20H24N2O3/c1-14-12-17(16-10-6-7-11-18(16)21-14)20(24)25-13-19(23)22-15-8-4-2-3-5-9-15/h6-7,10-12,15H,2-5,8-9,13H2,1H3,(H,22,23). The first-order chi connectivity index (χ1) is 12.1. The maximum absolute atomic E-state index is 12.4. The molecule has 0 aliphatic heterocycles. The number of aryl methyl sites for hydroxylation is 1. The van der Waals surface area contributed by atoms with E-state index in [0.717, 1.165) is 42.3 Å². The van der Waals surface area contributed by atoms with Gasteiger partial charge in [0.1, 0.15) is 0 Å². The number of aromatic nitrogens is 1. The molecule has 0 spiro atoms. The highest BCUT2D eigenvalue weighted by molar-refractivity contribution is 6.04. The van der Waals surface area contributed by atoms with Gasteiger partial charge in [-0.25, -0.2) is 4.79 Å². The van der Waals surface area contributed by atoms with Crippen molar-refractivity contribution in [2.24, 2.45) is 0 Å². The number of pyridine rings is 1. The smallest absolute Gasteiger partial charge is 0.339 e. The summed E-state index contributed by atoms with van der Waals surface area (Å²) in [7, 11) is 0. The predicted molar refractivity (Wildman–Crippen MR) is 96.4 cm³/mol. The molecule has 5 nitrogen and oxygen atoms in total. The van der Waals surface area contributed by atoms with E-state index in [-0.39, 0.29) is 18.6 Å². The predicted octanol–water partition coefficient (Wildman–Crippen LogP) is 3.54. The number of ether oxygens (including phenoxy) is 1. The van der Waals surface area contributed by atoms with E-state index in [1.54, 1.807) is 6.07 Å². The van der Waals surface area contributed by atoms with Crippen LogP contribution in [0.25, 0.3) is 10.9 Å². The lowest BCUT2D eigenvalue weighted by Gasteiger charge is -2.16. The monoisotopic (exact) mass is 340 g/mol. The number of hydrogen-bond donors (Lipinski definition) is 1. The third kappa shape index (κ3) is 4.56. The summed E-state index contributed by atoms with van der Waals surface area (Å²) in [4.78, 5) is 28.9. The number of para-hydroxylation sites is 1. The molecule has 1 saturated carbocycles. The minimum absolute atomic E-state index is 0.206. The zero-order chi connectivity index (χ0) is 17.6. The first-order valence-electron chi connectivity index (χ1n) is 8.96. The molecule has 0 radical (unpaired) electrons. The molecule has 2 aromatic rings. The van der Waals surface area contributed by atoms with Crippen LogP contribution in [0.1, 0.15) is 54.6 Å². The third-order valence-electron chi connectivity index (χ3n) is 4.62. The molecule has 132 valence electrons. The second kappa shape index (κ2) is 8.10. The number of esters is 1. The first kappa shape index (κ1) is 17.4. The molecule has 1 aromatic carbocycles. The maximum Gasteiger partial charge on any atom is 0.339 e. The van der Waals surface area contributed by atoms with Crippen LogP contribution in [0.2, 0.25) is 0 Å². The van der Waals surface area contributed by atoms with E-state index in [4.69, 9.17) is 4.74 Å². The first-order valence-corrected chi connectivity index (χ1v) is 8.96. The number of fused-ring (bicyclic) bond motifs is 1. The van der Waals surface area contributed by atoms with Crippen molar-refractivity contribution in [1.82, 2.24) is 10.3 Å². The number of carbonyl (C=O) groups is 2. The summed E-state index contributed by atoms with van der Waals surface area (Å²) in [5.74, 6) is -0.715. The molecule has 1 fully saturated rings. The lowest BCUT2D eigenvalue weighted by Crippen LogP contribution is -2.37. The summed E-state index contributed by atoms with van der Waals surface area (Å²) in [5, 5.41) is 3.72. The van der Waals surface area contributed by atoms with Crippen LogP contribution >= 0.6 is 0 Å². The third-order valence-corrected chi connectivity index (χ3v) is 4.62. The topological polar surface area (TPSA) is 68.3 Å². The Morgan fingerprint density at radius 2 is 1.88 bits per heavy atom. The highest BCUT2D eigenvalue weighted by Crippen LogP contribution is 2.19. The number of hydrogen-bond acceptors (Lipinski definition) is 4. The lowest BCUT2D eigenvalue weighted by molar-refractivity contribution is -0.125. The van der Waals surface area contributed by atoms with Crippen molar-refractivity contribution in [1.29, 1.82) is 0 Å². The Kier molecular flexibility index (Phi) is 5.64. The van der Waals surface area contributed by atoms with Crippen LogP contribution < -0.4 is 5.32 Å². The zero-order valence-electron chi connectivity index (χ0n) is 14.6. The van der Waals surface area contributed by atoms with Gasteiger partial charge in [0, 0.05) is 17.1 Å². The van der Waals surface area contributed by atoms with Gasteiger partial charge in [0.2, 0.25) is 0 Å². The fourth-order valence-corrected chi connectivity index (χ4v) is 3.38. The Balaban J connectivity index is 1.62. The van der Waals surface area contributed by atoms with E-state index >= 15 is 0 Å². The molecular weight excluding hydrogens is 316 g/mol. The molecule has 1 aromatic heterocycles. The summed E-state index contributed by atoms with van der Waals surface area (Å²) in [6, 6.07) is 9.34. The molecule has 1 aliphatic carbocycles. The number of nitrogens with one attached hydrogen (secondary N) is 1. The Bertz CT molecular complexity index is 765. The van der Waals surface area contributed by atoms with E-state index in [9.17, 15) is 9.59 Å². The molecule has 1 aliphatic rings. The van der Waals surface area contributed by atoms with Gasteiger partial charge in [0.15, 0.2) is 6.61 Å². The van der Waals surface area contributed by atoms with Gasteiger partial charge in [-0.1, -0.05) is 43.9 Å². The molecule has 0 unspecified atom stereocenters. The number of amides is 1. The molecule has 0 saturated heterocycles. The van der Waals surface area contributed by atoms with Crippen molar-refractivity contribution >= 4 is 22.8 Å². The van der Waals surface area contributed by atoms with Crippen LogP contribution in [-0.4, -0.2) is 29.5 Å².